The number of para-hydroxylation sites is 1. The van der Waals surface area contributed by atoms with Gasteiger partial charge >= 0.3 is 0 Å². The lowest BCUT2D eigenvalue weighted by atomic mass is 10.0. The third-order valence-electron chi connectivity index (χ3n) is 5.79. The molecule has 0 bridgehead atoms. The lowest BCUT2D eigenvalue weighted by molar-refractivity contribution is -0.137. The van der Waals surface area contributed by atoms with E-state index in [1.165, 1.54) is 6.33 Å². The zero-order chi connectivity index (χ0) is 22.6. The van der Waals surface area contributed by atoms with Gasteiger partial charge in [0, 0.05) is 18.0 Å². The van der Waals surface area contributed by atoms with Crippen molar-refractivity contribution in [2.75, 3.05) is 13.2 Å². The van der Waals surface area contributed by atoms with Gasteiger partial charge in [-0.1, -0.05) is 35.9 Å². The highest BCUT2D eigenvalue weighted by molar-refractivity contribution is 6.30. The van der Waals surface area contributed by atoms with Crippen LogP contribution in [0, 0.1) is 0 Å². The quantitative estimate of drug-likeness (QED) is 0.401. The van der Waals surface area contributed by atoms with E-state index in [0.29, 0.717) is 29.8 Å². The van der Waals surface area contributed by atoms with E-state index in [9.17, 15) is 4.79 Å². The molecule has 168 valence electrons. The average Bonchev–Trinajstić information content (AvgIpc) is 3.31. The fraction of sp³-hybridized carbons (Fsp3) is 0.280. The Labute approximate surface area is 196 Å². The highest BCUT2D eigenvalue weighted by Gasteiger charge is 2.31. The van der Waals surface area contributed by atoms with Crippen LogP contribution in [0.3, 0.4) is 0 Å². The average molecular weight is 463 g/mol. The van der Waals surface area contributed by atoms with Gasteiger partial charge in [0.15, 0.2) is 6.61 Å². The number of halogens is 1. The summed E-state index contributed by atoms with van der Waals surface area (Å²) in [6.45, 7) is 0.539. The molecule has 2 aromatic carbocycles. The minimum absolute atomic E-state index is 0.104. The number of likely N-dealkylation sites (tertiary alicyclic amines) is 1. The number of hydrogen-bond acceptors (Lipinski definition) is 6. The van der Waals surface area contributed by atoms with Gasteiger partial charge < -0.3 is 14.1 Å². The topological polar surface area (TPSA) is 81.4 Å². The van der Waals surface area contributed by atoms with Crippen molar-refractivity contribution in [2.24, 2.45) is 0 Å². The van der Waals surface area contributed by atoms with Crippen molar-refractivity contribution in [3.8, 4) is 5.88 Å². The molecule has 1 amide bonds. The summed E-state index contributed by atoms with van der Waals surface area (Å²) in [6.07, 6.45) is 6.53. The molecular formula is C25H23ClN4O3. The molecule has 0 spiro atoms. The van der Waals surface area contributed by atoms with E-state index in [2.05, 4.69) is 15.0 Å². The predicted octanol–water partition coefficient (Wildman–Crippen LogP) is 4.99. The summed E-state index contributed by atoms with van der Waals surface area (Å²) in [4.78, 5) is 27.8. The SMILES string of the molecule is O=C(COc1ncnc2ccccc12)N1CCCC[C@H]1c1ncc(Cc2cccc(Cl)c2)o1. The van der Waals surface area contributed by atoms with Crippen molar-refractivity contribution in [3.63, 3.8) is 0 Å². The number of carbonyl (C=O) groups excluding carboxylic acids is 1. The Morgan fingerprint density at radius 2 is 2.03 bits per heavy atom. The highest BCUT2D eigenvalue weighted by Crippen LogP contribution is 2.31. The Hall–Kier alpha value is -3.45. The van der Waals surface area contributed by atoms with E-state index in [0.717, 1.165) is 41.5 Å². The molecule has 4 aromatic rings. The fourth-order valence-corrected chi connectivity index (χ4v) is 4.41. The standard InChI is InChI=1S/C25H23ClN4O3/c26-18-7-5-6-17(12-18)13-19-14-27-25(33-19)22-10-3-4-11-30(22)23(31)15-32-24-20-8-1-2-9-21(20)28-16-29-24/h1-2,5-9,12,14,16,22H,3-4,10-11,13,15H2/t22-/m0/s1. The maximum absolute atomic E-state index is 13.1. The third-order valence-corrected chi connectivity index (χ3v) is 6.02. The van der Waals surface area contributed by atoms with E-state index in [1.54, 1.807) is 6.20 Å². The van der Waals surface area contributed by atoms with Crippen LogP contribution in [0.5, 0.6) is 5.88 Å². The lowest BCUT2D eigenvalue weighted by Gasteiger charge is -2.33. The third kappa shape index (κ3) is 4.83. The minimum atomic E-state index is -0.204. The number of ether oxygens (including phenoxy) is 1. The van der Waals surface area contributed by atoms with Crippen LogP contribution in [0.2, 0.25) is 5.02 Å². The molecule has 5 rings (SSSR count). The summed E-state index contributed by atoms with van der Waals surface area (Å²) in [5.74, 6) is 1.60. The van der Waals surface area contributed by atoms with Crippen LogP contribution in [-0.2, 0) is 11.2 Å². The molecular weight excluding hydrogens is 440 g/mol. The summed E-state index contributed by atoms with van der Waals surface area (Å²) in [6, 6.07) is 15.0. The van der Waals surface area contributed by atoms with E-state index in [1.807, 2.05) is 53.4 Å². The lowest BCUT2D eigenvalue weighted by Crippen LogP contribution is -2.41. The summed E-state index contributed by atoms with van der Waals surface area (Å²) in [5, 5.41) is 1.47. The highest BCUT2D eigenvalue weighted by atomic mass is 35.5. The molecule has 1 aliphatic heterocycles. The van der Waals surface area contributed by atoms with Crippen LogP contribution in [-0.4, -0.2) is 38.9 Å². The number of carbonyl (C=O) groups is 1. The van der Waals surface area contributed by atoms with Gasteiger partial charge in [0.05, 0.1) is 17.1 Å². The van der Waals surface area contributed by atoms with Crippen LogP contribution < -0.4 is 4.74 Å². The van der Waals surface area contributed by atoms with Gasteiger partial charge in [0.25, 0.3) is 5.91 Å². The zero-order valence-electron chi connectivity index (χ0n) is 18.0. The Morgan fingerprint density at radius 3 is 2.94 bits per heavy atom. The first-order valence-electron chi connectivity index (χ1n) is 11.0. The molecule has 2 aromatic heterocycles. The molecule has 1 aliphatic rings. The molecule has 0 radical (unpaired) electrons. The molecule has 0 unspecified atom stereocenters. The Bertz CT molecular complexity index is 1270. The monoisotopic (exact) mass is 462 g/mol. The first-order valence-corrected chi connectivity index (χ1v) is 11.4. The number of aromatic nitrogens is 3. The van der Waals surface area contributed by atoms with Gasteiger partial charge in [-0.2, -0.15) is 0 Å². The number of oxazole rings is 1. The number of rotatable bonds is 6. The van der Waals surface area contributed by atoms with Gasteiger partial charge in [0.1, 0.15) is 18.1 Å². The molecule has 0 N–H and O–H groups in total. The molecule has 3 heterocycles. The van der Waals surface area contributed by atoms with Crippen LogP contribution in [0.1, 0.15) is 42.5 Å². The van der Waals surface area contributed by atoms with Crippen molar-refractivity contribution >= 4 is 28.4 Å². The summed E-state index contributed by atoms with van der Waals surface area (Å²) in [5.41, 5.74) is 1.82. The number of hydrogen-bond donors (Lipinski definition) is 0. The smallest absolute Gasteiger partial charge is 0.261 e. The van der Waals surface area contributed by atoms with Gasteiger partial charge in [-0.3, -0.25) is 4.79 Å². The summed E-state index contributed by atoms with van der Waals surface area (Å²) in [7, 11) is 0. The molecule has 33 heavy (non-hydrogen) atoms. The molecule has 0 saturated carbocycles. The largest absolute Gasteiger partial charge is 0.467 e. The van der Waals surface area contributed by atoms with E-state index in [4.69, 9.17) is 20.8 Å². The van der Waals surface area contributed by atoms with E-state index >= 15 is 0 Å². The second kappa shape index (κ2) is 9.58. The minimum Gasteiger partial charge on any atom is -0.467 e. The van der Waals surface area contributed by atoms with Crippen molar-refractivity contribution in [1.82, 2.24) is 19.9 Å². The second-order valence-corrected chi connectivity index (χ2v) is 8.49. The normalized spacial score (nSPS) is 16.2. The van der Waals surface area contributed by atoms with Crippen molar-refractivity contribution in [3.05, 3.63) is 83.3 Å². The first kappa shape index (κ1) is 21.4. The van der Waals surface area contributed by atoms with E-state index in [-0.39, 0.29) is 18.6 Å². The Kier molecular flexibility index (Phi) is 6.21. The molecule has 1 saturated heterocycles. The van der Waals surface area contributed by atoms with Crippen LogP contribution in [0.25, 0.3) is 10.9 Å². The van der Waals surface area contributed by atoms with Gasteiger partial charge in [-0.15, -0.1) is 0 Å². The van der Waals surface area contributed by atoms with Crippen LogP contribution >= 0.6 is 11.6 Å². The number of benzene rings is 2. The Morgan fingerprint density at radius 1 is 1.12 bits per heavy atom. The number of piperidine rings is 1. The maximum Gasteiger partial charge on any atom is 0.261 e. The number of fused-ring (bicyclic) bond motifs is 1. The predicted molar refractivity (Wildman–Crippen MR) is 124 cm³/mol. The Balaban J connectivity index is 1.28. The van der Waals surface area contributed by atoms with Crippen LogP contribution in [0.15, 0.2) is 65.5 Å². The van der Waals surface area contributed by atoms with Crippen molar-refractivity contribution < 1.29 is 13.9 Å². The van der Waals surface area contributed by atoms with Crippen molar-refractivity contribution in [2.45, 2.75) is 31.7 Å². The van der Waals surface area contributed by atoms with Gasteiger partial charge in [-0.25, -0.2) is 15.0 Å². The zero-order valence-corrected chi connectivity index (χ0v) is 18.7. The summed E-state index contributed by atoms with van der Waals surface area (Å²) < 4.78 is 11.9. The van der Waals surface area contributed by atoms with Gasteiger partial charge in [0.2, 0.25) is 11.8 Å². The molecule has 1 fully saturated rings. The second-order valence-electron chi connectivity index (χ2n) is 8.05. The van der Waals surface area contributed by atoms with Gasteiger partial charge in [-0.05, 0) is 49.1 Å². The van der Waals surface area contributed by atoms with E-state index < -0.39 is 0 Å². The molecule has 1 atom stereocenters. The number of nitrogens with zero attached hydrogens (tertiary/aromatic N) is 4. The molecule has 7 nitrogen and oxygen atoms in total. The molecule has 0 aliphatic carbocycles. The number of amides is 1. The fourth-order valence-electron chi connectivity index (χ4n) is 4.20. The van der Waals surface area contributed by atoms with Crippen molar-refractivity contribution in [1.29, 1.82) is 0 Å². The first-order chi connectivity index (χ1) is 16.2. The maximum atomic E-state index is 13.1. The molecule has 8 heteroatoms. The summed E-state index contributed by atoms with van der Waals surface area (Å²) >= 11 is 6.09. The van der Waals surface area contributed by atoms with Crippen LogP contribution in [0.4, 0.5) is 0 Å².